The zero-order valence-electron chi connectivity index (χ0n) is 13.1. The fourth-order valence-electron chi connectivity index (χ4n) is 3.75. The van der Waals surface area contributed by atoms with Gasteiger partial charge in [-0.2, -0.15) is 0 Å². The minimum absolute atomic E-state index is 0.0625. The molecule has 2 aromatic carbocycles. The molecule has 2 heterocycles. The van der Waals surface area contributed by atoms with E-state index < -0.39 is 11.0 Å². The first kappa shape index (κ1) is 14.2. The number of hydrogen-bond donors (Lipinski definition) is 0. The minimum atomic E-state index is -0.704. The third-order valence-electron chi connectivity index (χ3n) is 5.19. The standard InChI is InChI=1S/C20H19NO2/c1-3-20(19(2)14-23-19)17(15-10-6-4-7-11-15)21(18(20)22)16-12-8-5-9-13-16/h3-13,17H,1,14H2,2H3/t17-,19?,20-/m0/s1. The highest BCUT2D eigenvalue weighted by Crippen LogP contribution is 2.63. The molecule has 3 heteroatoms. The number of epoxide rings is 1. The van der Waals surface area contributed by atoms with E-state index in [1.165, 1.54) is 0 Å². The SMILES string of the molecule is C=C[C@@]1(C2(C)CO2)C(=O)N(c2ccccc2)[C@H]1c1ccccc1. The van der Waals surface area contributed by atoms with Gasteiger partial charge in [-0.3, -0.25) is 4.79 Å². The van der Waals surface area contributed by atoms with E-state index in [1.807, 2.05) is 60.4 Å². The van der Waals surface area contributed by atoms with Crippen LogP contribution in [0.5, 0.6) is 0 Å². The van der Waals surface area contributed by atoms with Gasteiger partial charge in [0.1, 0.15) is 11.0 Å². The Labute approximate surface area is 136 Å². The first-order valence-corrected chi connectivity index (χ1v) is 7.85. The molecule has 1 amide bonds. The highest BCUT2D eigenvalue weighted by molar-refractivity contribution is 6.08. The quantitative estimate of drug-likeness (QED) is 0.490. The lowest BCUT2D eigenvalue weighted by Crippen LogP contribution is -2.68. The Morgan fingerprint density at radius 3 is 2.22 bits per heavy atom. The summed E-state index contributed by atoms with van der Waals surface area (Å²) in [6.45, 7) is 6.59. The summed E-state index contributed by atoms with van der Waals surface area (Å²) in [5.41, 5.74) is 0.850. The largest absolute Gasteiger partial charge is 0.368 e. The summed E-state index contributed by atoms with van der Waals surface area (Å²) in [4.78, 5) is 15.0. The zero-order valence-corrected chi connectivity index (χ0v) is 13.1. The first-order chi connectivity index (χ1) is 11.1. The molecule has 0 bridgehead atoms. The van der Waals surface area contributed by atoms with Crippen LogP contribution in [0.3, 0.4) is 0 Å². The molecule has 2 saturated heterocycles. The Kier molecular flexibility index (Phi) is 2.97. The van der Waals surface area contributed by atoms with Crippen molar-refractivity contribution in [1.82, 2.24) is 0 Å². The van der Waals surface area contributed by atoms with Gasteiger partial charge in [-0.25, -0.2) is 0 Å². The number of rotatable bonds is 4. The molecule has 2 aromatic rings. The lowest BCUT2D eigenvalue weighted by Gasteiger charge is -2.56. The molecule has 4 rings (SSSR count). The van der Waals surface area contributed by atoms with E-state index in [2.05, 4.69) is 18.7 Å². The van der Waals surface area contributed by atoms with Gasteiger partial charge in [-0.05, 0) is 24.6 Å². The van der Waals surface area contributed by atoms with Crippen LogP contribution in [0.2, 0.25) is 0 Å². The van der Waals surface area contributed by atoms with E-state index in [1.54, 1.807) is 6.08 Å². The third kappa shape index (κ3) is 1.77. The Morgan fingerprint density at radius 1 is 1.13 bits per heavy atom. The molecule has 0 N–H and O–H groups in total. The zero-order chi connectivity index (χ0) is 16.1. The van der Waals surface area contributed by atoms with Gasteiger partial charge in [0.25, 0.3) is 0 Å². The van der Waals surface area contributed by atoms with Gasteiger partial charge < -0.3 is 9.64 Å². The molecule has 116 valence electrons. The Balaban J connectivity index is 1.86. The van der Waals surface area contributed by atoms with Crippen LogP contribution in [0.25, 0.3) is 0 Å². The van der Waals surface area contributed by atoms with E-state index in [4.69, 9.17) is 4.74 Å². The summed E-state index contributed by atoms with van der Waals surface area (Å²) >= 11 is 0. The molecule has 2 aliphatic rings. The van der Waals surface area contributed by atoms with Crippen LogP contribution in [0.1, 0.15) is 18.5 Å². The van der Waals surface area contributed by atoms with Gasteiger partial charge in [0.2, 0.25) is 5.91 Å². The van der Waals surface area contributed by atoms with E-state index >= 15 is 0 Å². The second kappa shape index (κ2) is 4.80. The molecule has 3 nitrogen and oxygen atoms in total. The summed E-state index contributed by atoms with van der Waals surface area (Å²) in [6.07, 6.45) is 1.79. The first-order valence-electron chi connectivity index (χ1n) is 7.85. The van der Waals surface area contributed by atoms with Gasteiger partial charge in [0.05, 0.1) is 12.6 Å². The van der Waals surface area contributed by atoms with Crippen molar-refractivity contribution in [2.45, 2.75) is 18.6 Å². The van der Waals surface area contributed by atoms with Gasteiger partial charge in [-0.1, -0.05) is 54.6 Å². The molecule has 0 aromatic heterocycles. The maximum atomic E-state index is 13.2. The van der Waals surface area contributed by atoms with Crippen LogP contribution < -0.4 is 4.90 Å². The van der Waals surface area contributed by atoms with Crippen molar-refractivity contribution in [3.05, 3.63) is 78.9 Å². The van der Waals surface area contributed by atoms with Gasteiger partial charge in [-0.15, -0.1) is 6.58 Å². The Morgan fingerprint density at radius 2 is 1.70 bits per heavy atom. The number of anilines is 1. The lowest BCUT2D eigenvalue weighted by molar-refractivity contribution is -0.141. The number of ether oxygens (including phenoxy) is 1. The molecule has 0 saturated carbocycles. The Hall–Kier alpha value is -2.39. The fourth-order valence-corrected chi connectivity index (χ4v) is 3.75. The van der Waals surface area contributed by atoms with E-state index in [9.17, 15) is 4.79 Å². The fraction of sp³-hybridized carbons (Fsp3) is 0.250. The number of β-lactam (4-membered cyclic amide) rings is 1. The van der Waals surface area contributed by atoms with Gasteiger partial charge in [0, 0.05) is 5.69 Å². The molecule has 23 heavy (non-hydrogen) atoms. The van der Waals surface area contributed by atoms with Crippen molar-refractivity contribution in [2.75, 3.05) is 11.5 Å². The molecule has 0 spiro atoms. The van der Waals surface area contributed by atoms with Crippen LogP contribution in [0.4, 0.5) is 5.69 Å². The molecule has 2 fully saturated rings. The number of benzene rings is 2. The maximum Gasteiger partial charge on any atom is 0.243 e. The van der Waals surface area contributed by atoms with E-state index in [0.717, 1.165) is 11.3 Å². The number of carbonyl (C=O) groups excluding carboxylic acids is 1. The monoisotopic (exact) mass is 305 g/mol. The van der Waals surface area contributed by atoms with Crippen molar-refractivity contribution in [2.24, 2.45) is 5.41 Å². The van der Waals surface area contributed by atoms with Crippen molar-refractivity contribution in [3.63, 3.8) is 0 Å². The number of carbonyl (C=O) groups is 1. The second-order valence-corrected chi connectivity index (χ2v) is 6.42. The lowest BCUT2D eigenvalue weighted by atomic mass is 9.60. The summed E-state index contributed by atoms with van der Waals surface area (Å²) < 4.78 is 5.68. The number of nitrogens with zero attached hydrogens (tertiary/aromatic N) is 1. The summed E-state index contributed by atoms with van der Waals surface area (Å²) in [6, 6.07) is 19.8. The minimum Gasteiger partial charge on any atom is -0.368 e. The van der Waals surface area contributed by atoms with E-state index in [0.29, 0.717) is 6.61 Å². The molecular formula is C20H19NO2. The average molecular weight is 305 g/mol. The number of hydrogen-bond acceptors (Lipinski definition) is 2. The topological polar surface area (TPSA) is 32.8 Å². The normalized spacial score (nSPS) is 32.3. The summed E-state index contributed by atoms with van der Waals surface area (Å²) in [5.74, 6) is 0.0625. The molecule has 3 atom stereocenters. The third-order valence-corrected chi connectivity index (χ3v) is 5.19. The highest BCUT2D eigenvalue weighted by atomic mass is 16.6. The van der Waals surface area contributed by atoms with Crippen molar-refractivity contribution in [3.8, 4) is 0 Å². The van der Waals surface area contributed by atoms with Crippen LogP contribution >= 0.6 is 0 Å². The van der Waals surface area contributed by atoms with Crippen molar-refractivity contribution >= 4 is 11.6 Å². The maximum absolute atomic E-state index is 13.2. The predicted molar refractivity (Wildman–Crippen MR) is 90.1 cm³/mol. The van der Waals surface area contributed by atoms with Crippen molar-refractivity contribution < 1.29 is 9.53 Å². The average Bonchev–Trinajstić information content (AvgIpc) is 3.33. The molecule has 0 radical (unpaired) electrons. The number of para-hydroxylation sites is 1. The van der Waals surface area contributed by atoms with Crippen LogP contribution in [0, 0.1) is 5.41 Å². The molecule has 0 aliphatic carbocycles. The molecule has 1 unspecified atom stereocenters. The Bertz CT molecular complexity index is 752. The number of amides is 1. The summed E-state index contributed by atoms with van der Waals surface area (Å²) in [7, 11) is 0. The molecular weight excluding hydrogens is 286 g/mol. The van der Waals surface area contributed by atoms with Crippen LogP contribution in [-0.4, -0.2) is 18.1 Å². The van der Waals surface area contributed by atoms with Crippen molar-refractivity contribution in [1.29, 1.82) is 0 Å². The van der Waals surface area contributed by atoms with Gasteiger partial charge >= 0.3 is 0 Å². The predicted octanol–water partition coefficient (Wildman–Crippen LogP) is 3.74. The second-order valence-electron chi connectivity index (χ2n) is 6.42. The summed E-state index contributed by atoms with van der Waals surface area (Å²) in [5, 5.41) is 0. The smallest absolute Gasteiger partial charge is 0.243 e. The van der Waals surface area contributed by atoms with E-state index in [-0.39, 0.29) is 11.9 Å². The van der Waals surface area contributed by atoms with Gasteiger partial charge in [0.15, 0.2) is 0 Å². The highest BCUT2D eigenvalue weighted by Gasteiger charge is 2.73. The van der Waals surface area contributed by atoms with Crippen LogP contribution in [-0.2, 0) is 9.53 Å². The molecule has 2 aliphatic heterocycles. The van der Waals surface area contributed by atoms with Crippen LogP contribution in [0.15, 0.2) is 73.3 Å².